The van der Waals surface area contributed by atoms with Crippen molar-refractivity contribution in [3.63, 3.8) is 0 Å². The van der Waals surface area contributed by atoms with E-state index >= 15 is 0 Å². The first kappa shape index (κ1) is 15.6. The van der Waals surface area contributed by atoms with E-state index in [4.69, 9.17) is 0 Å². The van der Waals surface area contributed by atoms with Crippen LogP contribution in [0.25, 0.3) is 0 Å². The highest BCUT2D eigenvalue weighted by Crippen LogP contribution is 2.30. The maximum absolute atomic E-state index is 12.8. The number of aromatic nitrogens is 2. The molecule has 0 saturated carbocycles. The fraction of sp³-hybridized carbons (Fsp3) is 0.385. The van der Waals surface area contributed by atoms with Crippen molar-refractivity contribution in [1.82, 2.24) is 9.97 Å². The Morgan fingerprint density at radius 2 is 1.90 bits per heavy atom. The molecule has 0 radical (unpaired) electrons. The van der Waals surface area contributed by atoms with Crippen LogP contribution in [-0.2, 0) is 12.7 Å². The minimum absolute atomic E-state index is 0.0640. The van der Waals surface area contributed by atoms with Gasteiger partial charge in [-0.3, -0.25) is 0 Å². The molecule has 2 N–H and O–H groups in total. The lowest BCUT2D eigenvalue weighted by Crippen LogP contribution is -2.12. The van der Waals surface area contributed by atoms with Crippen LogP contribution in [0.2, 0.25) is 0 Å². The first-order valence-electron chi connectivity index (χ1n) is 6.23. The van der Waals surface area contributed by atoms with Crippen LogP contribution in [0, 0.1) is 13.8 Å². The van der Waals surface area contributed by atoms with E-state index in [9.17, 15) is 13.2 Å². The van der Waals surface area contributed by atoms with Gasteiger partial charge in [-0.15, -0.1) is 11.3 Å². The van der Waals surface area contributed by atoms with E-state index in [-0.39, 0.29) is 11.8 Å². The summed E-state index contributed by atoms with van der Waals surface area (Å²) in [6.45, 7) is 4.44. The summed E-state index contributed by atoms with van der Waals surface area (Å²) in [6.07, 6.45) is -4.50. The monoisotopic (exact) mass is 316 g/mol. The summed E-state index contributed by atoms with van der Waals surface area (Å²) in [5.74, 6) is 0.0799. The number of aryl methyl sites for hydroxylation is 2. The van der Waals surface area contributed by atoms with E-state index in [1.54, 1.807) is 11.3 Å². The van der Waals surface area contributed by atoms with E-state index in [1.807, 2.05) is 19.9 Å². The van der Waals surface area contributed by atoms with Crippen molar-refractivity contribution >= 4 is 23.1 Å². The van der Waals surface area contributed by atoms with Crippen LogP contribution in [0.4, 0.5) is 24.9 Å². The Labute approximate surface area is 124 Å². The van der Waals surface area contributed by atoms with Crippen molar-refractivity contribution in [3.8, 4) is 0 Å². The molecule has 114 valence electrons. The van der Waals surface area contributed by atoms with Crippen LogP contribution < -0.4 is 10.6 Å². The molecule has 0 aliphatic heterocycles. The first-order chi connectivity index (χ1) is 9.79. The second kappa shape index (κ2) is 5.88. The molecule has 0 aromatic carbocycles. The van der Waals surface area contributed by atoms with Gasteiger partial charge in [-0.25, -0.2) is 4.98 Å². The third-order valence-corrected chi connectivity index (χ3v) is 4.05. The van der Waals surface area contributed by atoms with E-state index in [2.05, 4.69) is 20.6 Å². The molecule has 2 aromatic heterocycles. The largest absolute Gasteiger partial charge is 0.433 e. The molecule has 8 heteroatoms. The van der Waals surface area contributed by atoms with Crippen LogP contribution in [0.5, 0.6) is 0 Å². The van der Waals surface area contributed by atoms with Gasteiger partial charge in [0.1, 0.15) is 5.82 Å². The molecule has 0 aliphatic rings. The van der Waals surface area contributed by atoms with Gasteiger partial charge in [0.15, 0.2) is 5.69 Å². The lowest BCUT2D eigenvalue weighted by molar-refractivity contribution is -0.141. The lowest BCUT2D eigenvalue weighted by Gasteiger charge is -2.11. The molecule has 2 aromatic rings. The predicted molar refractivity (Wildman–Crippen MR) is 77.7 cm³/mol. The molecule has 0 fully saturated rings. The van der Waals surface area contributed by atoms with Crippen LogP contribution in [0.3, 0.4) is 0 Å². The maximum atomic E-state index is 12.8. The SMILES string of the molecule is CNc1nc(NCc2cc(C)c(C)s2)cc(C(F)(F)F)n1. The highest BCUT2D eigenvalue weighted by molar-refractivity contribution is 7.12. The Hall–Kier alpha value is -1.83. The number of hydrogen-bond acceptors (Lipinski definition) is 5. The van der Waals surface area contributed by atoms with E-state index in [0.717, 1.165) is 10.9 Å². The van der Waals surface area contributed by atoms with Gasteiger partial charge in [0, 0.05) is 22.9 Å². The van der Waals surface area contributed by atoms with Crippen LogP contribution in [-0.4, -0.2) is 17.0 Å². The molecular formula is C13H15F3N4S. The average molecular weight is 316 g/mol. The Morgan fingerprint density at radius 1 is 1.19 bits per heavy atom. The molecule has 4 nitrogen and oxygen atoms in total. The normalized spacial score (nSPS) is 11.5. The van der Waals surface area contributed by atoms with E-state index in [0.29, 0.717) is 6.54 Å². The Morgan fingerprint density at radius 3 is 2.43 bits per heavy atom. The van der Waals surface area contributed by atoms with Gasteiger partial charge in [0.25, 0.3) is 0 Å². The van der Waals surface area contributed by atoms with Crippen molar-refractivity contribution < 1.29 is 13.2 Å². The smallest absolute Gasteiger partial charge is 0.365 e. The molecule has 21 heavy (non-hydrogen) atoms. The minimum Gasteiger partial charge on any atom is -0.365 e. The lowest BCUT2D eigenvalue weighted by atomic mass is 10.3. The van der Waals surface area contributed by atoms with Crippen molar-refractivity contribution in [2.75, 3.05) is 17.7 Å². The summed E-state index contributed by atoms with van der Waals surface area (Å²) in [7, 11) is 1.48. The van der Waals surface area contributed by atoms with E-state index < -0.39 is 11.9 Å². The van der Waals surface area contributed by atoms with Crippen LogP contribution >= 0.6 is 11.3 Å². The predicted octanol–water partition coefficient (Wildman–Crippen LogP) is 3.83. The van der Waals surface area contributed by atoms with Crippen LogP contribution in [0.1, 0.15) is 21.0 Å². The van der Waals surface area contributed by atoms with Crippen molar-refractivity contribution in [1.29, 1.82) is 0 Å². The summed E-state index contributed by atoms with van der Waals surface area (Å²) in [5, 5.41) is 5.44. The molecule has 0 bridgehead atoms. The Balaban J connectivity index is 2.19. The zero-order chi connectivity index (χ0) is 15.6. The molecule has 0 amide bonds. The molecule has 0 spiro atoms. The number of hydrogen-bond donors (Lipinski definition) is 2. The van der Waals surface area contributed by atoms with Gasteiger partial charge in [0.2, 0.25) is 5.95 Å². The third kappa shape index (κ3) is 3.84. The number of rotatable bonds is 4. The zero-order valence-corrected chi connectivity index (χ0v) is 12.6. The van der Waals surface area contributed by atoms with Crippen molar-refractivity contribution in [2.45, 2.75) is 26.6 Å². The Bertz CT molecular complexity index is 617. The molecule has 2 rings (SSSR count). The topological polar surface area (TPSA) is 49.8 Å². The van der Waals surface area contributed by atoms with Gasteiger partial charge in [-0.1, -0.05) is 0 Å². The third-order valence-electron chi connectivity index (χ3n) is 2.90. The van der Waals surface area contributed by atoms with Crippen molar-refractivity contribution in [3.05, 3.63) is 33.1 Å². The molecule has 0 atom stereocenters. The first-order valence-corrected chi connectivity index (χ1v) is 7.05. The molecular weight excluding hydrogens is 301 g/mol. The van der Waals surface area contributed by atoms with Gasteiger partial charge < -0.3 is 10.6 Å². The maximum Gasteiger partial charge on any atom is 0.433 e. The molecule has 0 aliphatic carbocycles. The molecule has 0 saturated heterocycles. The number of alkyl halides is 3. The van der Waals surface area contributed by atoms with Gasteiger partial charge in [-0.05, 0) is 25.5 Å². The molecule has 2 heterocycles. The number of nitrogens with zero attached hydrogens (tertiary/aromatic N) is 2. The summed E-state index contributed by atoms with van der Waals surface area (Å²) >= 11 is 1.61. The second-order valence-electron chi connectivity index (χ2n) is 4.52. The highest BCUT2D eigenvalue weighted by atomic mass is 32.1. The van der Waals surface area contributed by atoms with E-state index in [1.165, 1.54) is 17.5 Å². The fourth-order valence-corrected chi connectivity index (χ4v) is 2.70. The van der Waals surface area contributed by atoms with Gasteiger partial charge in [-0.2, -0.15) is 18.2 Å². The number of thiophene rings is 1. The number of anilines is 2. The number of halogens is 3. The Kier molecular flexibility index (Phi) is 4.36. The van der Waals surface area contributed by atoms with Crippen LogP contribution in [0.15, 0.2) is 12.1 Å². The minimum atomic E-state index is -4.50. The highest BCUT2D eigenvalue weighted by Gasteiger charge is 2.33. The van der Waals surface area contributed by atoms with Gasteiger partial charge >= 0.3 is 6.18 Å². The van der Waals surface area contributed by atoms with Gasteiger partial charge in [0.05, 0.1) is 6.54 Å². The number of nitrogens with one attached hydrogen (secondary N) is 2. The average Bonchev–Trinajstić information content (AvgIpc) is 2.74. The fourth-order valence-electron chi connectivity index (χ4n) is 1.71. The molecule has 0 unspecified atom stereocenters. The van der Waals surface area contributed by atoms with Crippen molar-refractivity contribution in [2.24, 2.45) is 0 Å². The second-order valence-corrected chi connectivity index (χ2v) is 5.86. The summed E-state index contributed by atoms with van der Waals surface area (Å²) in [5.41, 5.74) is 0.203. The summed E-state index contributed by atoms with van der Waals surface area (Å²) < 4.78 is 38.3. The summed E-state index contributed by atoms with van der Waals surface area (Å²) in [4.78, 5) is 9.63. The summed E-state index contributed by atoms with van der Waals surface area (Å²) in [6, 6.07) is 2.92. The quantitative estimate of drug-likeness (QED) is 0.900. The standard InChI is InChI=1S/C13H15F3N4S/c1-7-4-9(21-8(7)2)6-18-11-5-10(13(14,15)16)19-12(17-3)20-11/h4-5H,6H2,1-3H3,(H2,17,18,19,20). The zero-order valence-electron chi connectivity index (χ0n) is 11.8.